The lowest BCUT2D eigenvalue weighted by Crippen LogP contribution is -2.21. The van der Waals surface area contributed by atoms with Gasteiger partial charge in [0.05, 0.1) is 0 Å². The van der Waals surface area contributed by atoms with E-state index in [2.05, 4.69) is 10.2 Å². The molecule has 1 aliphatic carbocycles. The minimum Gasteiger partial charge on any atom is -0.300 e. The van der Waals surface area contributed by atoms with Gasteiger partial charge in [0.2, 0.25) is 0 Å². The minimum atomic E-state index is -3.81. The van der Waals surface area contributed by atoms with Gasteiger partial charge in [-0.2, -0.15) is 0 Å². The molecule has 0 radical (unpaired) electrons. The molecular weight excluding hydrogens is 276 g/mol. The quantitative estimate of drug-likeness (QED) is 0.865. The van der Waals surface area contributed by atoms with Gasteiger partial charge in [-0.15, -0.1) is 10.2 Å². The van der Waals surface area contributed by atoms with Crippen LogP contribution in [0.3, 0.4) is 0 Å². The van der Waals surface area contributed by atoms with Crippen LogP contribution in [0.5, 0.6) is 0 Å². The lowest BCUT2D eigenvalue weighted by molar-refractivity contribution is 0.448. The van der Waals surface area contributed by atoms with E-state index in [0.717, 1.165) is 24.6 Å². The van der Waals surface area contributed by atoms with Crippen molar-refractivity contribution in [2.45, 2.75) is 64.1 Å². The van der Waals surface area contributed by atoms with Crippen LogP contribution in [-0.4, -0.2) is 23.2 Å². The third-order valence-corrected chi connectivity index (χ3v) is 4.66. The normalized spacial score (nSPS) is 17.2. The van der Waals surface area contributed by atoms with Crippen molar-refractivity contribution >= 4 is 10.0 Å². The largest absolute Gasteiger partial charge is 0.300 e. The topological polar surface area (TPSA) is 90.9 Å². The summed E-state index contributed by atoms with van der Waals surface area (Å²) in [4.78, 5) is 0. The molecule has 6 nitrogen and oxygen atoms in total. The van der Waals surface area contributed by atoms with E-state index < -0.39 is 10.0 Å². The number of sulfonamides is 1. The van der Waals surface area contributed by atoms with Crippen molar-refractivity contribution in [2.75, 3.05) is 0 Å². The number of nitrogens with zero attached hydrogens (tertiary/aromatic N) is 3. The molecule has 1 saturated carbocycles. The van der Waals surface area contributed by atoms with Gasteiger partial charge in [-0.1, -0.05) is 39.5 Å². The van der Waals surface area contributed by atoms with Crippen LogP contribution in [0.15, 0.2) is 5.16 Å². The molecule has 0 spiro atoms. The first-order valence-electron chi connectivity index (χ1n) is 7.33. The molecule has 0 unspecified atom stereocenters. The van der Waals surface area contributed by atoms with E-state index in [4.69, 9.17) is 5.14 Å². The summed E-state index contributed by atoms with van der Waals surface area (Å²) in [5, 5.41) is 12.9. The second-order valence-electron chi connectivity index (χ2n) is 6.14. The Bertz CT molecular complexity index is 545. The number of rotatable bonds is 6. The van der Waals surface area contributed by atoms with Gasteiger partial charge < -0.3 is 4.57 Å². The Kier molecular flexibility index (Phi) is 4.80. The van der Waals surface area contributed by atoms with Crippen LogP contribution in [0.4, 0.5) is 0 Å². The number of hydrogen-bond acceptors (Lipinski definition) is 4. The Morgan fingerprint density at radius 1 is 1.30 bits per heavy atom. The Hall–Kier alpha value is -0.950. The fraction of sp³-hybridized carbons (Fsp3) is 0.846. The highest BCUT2D eigenvalue weighted by Crippen LogP contribution is 2.28. The molecule has 0 saturated heterocycles. The third kappa shape index (κ3) is 3.79. The predicted octanol–water partition coefficient (Wildman–Crippen LogP) is 1.70. The smallest absolute Gasteiger partial charge is 0.273 e. The van der Waals surface area contributed by atoms with Crippen LogP contribution in [-0.2, 0) is 23.0 Å². The van der Waals surface area contributed by atoms with E-state index in [0.29, 0.717) is 12.5 Å². The van der Waals surface area contributed by atoms with Crippen LogP contribution >= 0.6 is 0 Å². The van der Waals surface area contributed by atoms with Gasteiger partial charge in [-0.25, -0.2) is 13.6 Å². The molecular formula is C13H24N4O2S. The molecule has 1 aromatic rings. The molecule has 0 aliphatic heterocycles. The average molecular weight is 300 g/mol. The summed E-state index contributed by atoms with van der Waals surface area (Å²) < 4.78 is 24.8. The standard InChI is InChI=1S/C13H24N4O2S/c1-10(2)9-17-12(8-7-11-5-3-4-6-11)15-16-13(17)20(14,18)19/h10-11H,3-9H2,1-2H3,(H2,14,18,19). The van der Waals surface area contributed by atoms with Crippen LogP contribution in [0, 0.1) is 11.8 Å². The highest BCUT2D eigenvalue weighted by Gasteiger charge is 2.23. The van der Waals surface area contributed by atoms with Crippen molar-refractivity contribution in [1.82, 2.24) is 14.8 Å². The molecule has 0 atom stereocenters. The number of primary sulfonamides is 1. The summed E-state index contributed by atoms with van der Waals surface area (Å²) in [6, 6.07) is 0. The predicted molar refractivity (Wildman–Crippen MR) is 76.5 cm³/mol. The lowest BCUT2D eigenvalue weighted by Gasteiger charge is -2.13. The van der Waals surface area contributed by atoms with E-state index in [1.807, 2.05) is 13.8 Å². The molecule has 2 N–H and O–H groups in total. The summed E-state index contributed by atoms with van der Waals surface area (Å²) in [5.41, 5.74) is 0. The Balaban J connectivity index is 2.16. The molecule has 1 fully saturated rings. The molecule has 0 bridgehead atoms. The zero-order valence-corrected chi connectivity index (χ0v) is 13.1. The van der Waals surface area contributed by atoms with Crippen LogP contribution in [0.25, 0.3) is 0 Å². The van der Waals surface area contributed by atoms with Crippen LogP contribution in [0.2, 0.25) is 0 Å². The summed E-state index contributed by atoms with van der Waals surface area (Å²) in [6.07, 6.45) is 7.01. The van der Waals surface area contributed by atoms with E-state index in [1.165, 1.54) is 25.7 Å². The van der Waals surface area contributed by atoms with Gasteiger partial charge in [-0.05, 0) is 18.3 Å². The first-order chi connectivity index (χ1) is 9.38. The van der Waals surface area contributed by atoms with E-state index in [-0.39, 0.29) is 5.16 Å². The van der Waals surface area contributed by atoms with Crippen molar-refractivity contribution in [1.29, 1.82) is 0 Å². The van der Waals surface area contributed by atoms with E-state index in [1.54, 1.807) is 4.57 Å². The molecule has 1 heterocycles. The first-order valence-corrected chi connectivity index (χ1v) is 8.87. The van der Waals surface area contributed by atoms with Crippen molar-refractivity contribution in [2.24, 2.45) is 17.0 Å². The maximum Gasteiger partial charge on any atom is 0.273 e. The van der Waals surface area contributed by atoms with Gasteiger partial charge in [0.15, 0.2) is 0 Å². The van der Waals surface area contributed by atoms with Crippen molar-refractivity contribution in [3.05, 3.63) is 5.82 Å². The maximum atomic E-state index is 11.6. The Morgan fingerprint density at radius 2 is 1.95 bits per heavy atom. The second-order valence-corrected chi connectivity index (χ2v) is 7.59. The van der Waals surface area contributed by atoms with E-state index >= 15 is 0 Å². The zero-order valence-electron chi connectivity index (χ0n) is 12.2. The second kappa shape index (κ2) is 6.22. The average Bonchev–Trinajstić information content (AvgIpc) is 2.93. The van der Waals surface area contributed by atoms with Crippen molar-refractivity contribution in [3.63, 3.8) is 0 Å². The number of nitrogens with two attached hydrogens (primary N) is 1. The molecule has 20 heavy (non-hydrogen) atoms. The van der Waals surface area contributed by atoms with Crippen LogP contribution < -0.4 is 5.14 Å². The highest BCUT2D eigenvalue weighted by molar-refractivity contribution is 7.89. The van der Waals surface area contributed by atoms with Gasteiger partial charge in [0.1, 0.15) is 5.82 Å². The first kappa shape index (κ1) is 15.4. The van der Waals surface area contributed by atoms with Crippen molar-refractivity contribution in [3.8, 4) is 0 Å². The molecule has 1 aliphatic rings. The van der Waals surface area contributed by atoms with Crippen molar-refractivity contribution < 1.29 is 8.42 Å². The SMILES string of the molecule is CC(C)Cn1c(CCC2CCCC2)nnc1S(N)(=O)=O. The van der Waals surface area contributed by atoms with Gasteiger partial charge in [0.25, 0.3) is 15.2 Å². The van der Waals surface area contributed by atoms with Gasteiger partial charge in [0, 0.05) is 13.0 Å². The fourth-order valence-electron chi connectivity index (χ4n) is 2.90. The molecule has 7 heteroatoms. The monoisotopic (exact) mass is 300 g/mol. The fourth-order valence-corrected chi connectivity index (χ4v) is 3.54. The van der Waals surface area contributed by atoms with Gasteiger partial charge >= 0.3 is 0 Å². The Morgan fingerprint density at radius 3 is 2.50 bits per heavy atom. The highest BCUT2D eigenvalue weighted by atomic mass is 32.2. The zero-order chi connectivity index (χ0) is 14.8. The summed E-state index contributed by atoms with van der Waals surface area (Å²) in [5.74, 6) is 1.81. The summed E-state index contributed by atoms with van der Waals surface area (Å²) >= 11 is 0. The van der Waals surface area contributed by atoms with Gasteiger partial charge in [-0.3, -0.25) is 0 Å². The Labute approximate surface area is 120 Å². The summed E-state index contributed by atoms with van der Waals surface area (Å²) in [6.45, 7) is 4.65. The number of hydrogen-bond donors (Lipinski definition) is 1. The molecule has 0 aromatic carbocycles. The van der Waals surface area contributed by atoms with E-state index in [9.17, 15) is 8.42 Å². The minimum absolute atomic E-state index is 0.104. The van der Waals surface area contributed by atoms with Crippen LogP contribution in [0.1, 0.15) is 51.8 Å². The molecule has 1 aromatic heterocycles. The lowest BCUT2D eigenvalue weighted by atomic mass is 10.0. The molecule has 0 amide bonds. The third-order valence-electron chi connectivity index (χ3n) is 3.85. The number of aryl methyl sites for hydroxylation is 1. The molecule has 114 valence electrons. The number of aromatic nitrogens is 3. The maximum absolute atomic E-state index is 11.6. The molecule has 2 rings (SSSR count). The summed E-state index contributed by atoms with van der Waals surface area (Å²) in [7, 11) is -3.81.